The number of piperidine rings is 1. The fourth-order valence-corrected chi connectivity index (χ4v) is 3.17. The number of aromatic nitrogens is 3. The monoisotopic (exact) mass is 290 g/mol. The first-order chi connectivity index (χ1) is 10.9. The van der Waals surface area contributed by atoms with Crippen molar-refractivity contribution in [3.63, 3.8) is 0 Å². The van der Waals surface area contributed by atoms with Crippen molar-refractivity contribution in [1.82, 2.24) is 15.0 Å². The van der Waals surface area contributed by atoms with Gasteiger partial charge in [0, 0.05) is 31.4 Å². The fourth-order valence-electron chi connectivity index (χ4n) is 3.17. The molecule has 1 aliphatic heterocycles. The maximum Gasteiger partial charge on any atom is 0.147 e. The van der Waals surface area contributed by atoms with Gasteiger partial charge in [-0.15, -0.1) is 0 Å². The zero-order chi connectivity index (χ0) is 14.8. The molecule has 1 aromatic carbocycles. The van der Waals surface area contributed by atoms with E-state index in [2.05, 4.69) is 20.9 Å². The Morgan fingerprint density at radius 3 is 2.77 bits per heavy atom. The molecule has 4 heteroatoms. The van der Waals surface area contributed by atoms with E-state index in [9.17, 15) is 0 Å². The molecule has 1 aliphatic rings. The normalized spacial score (nSPS) is 18.5. The predicted octanol–water partition coefficient (Wildman–Crippen LogP) is 3.41. The Morgan fingerprint density at radius 1 is 1.00 bits per heavy atom. The molecule has 0 radical (unpaired) electrons. The molecule has 0 spiro atoms. The molecule has 0 bridgehead atoms. The molecule has 0 saturated carbocycles. The molecule has 4 rings (SSSR count). The van der Waals surface area contributed by atoms with Gasteiger partial charge in [-0.25, -0.2) is 4.98 Å². The van der Waals surface area contributed by atoms with E-state index in [0.717, 1.165) is 29.9 Å². The highest BCUT2D eigenvalue weighted by Crippen LogP contribution is 2.29. The molecule has 1 unspecified atom stereocenters. The van der Waals surface area contributed by atoms with E-state index in [1.165, 1.54) is 18.4 Å². The van der Waals surface area contributed by atoms with Crippen LogP contribution in [0.25, 0.3) is 11.0 Å². The van der Waals surface area contributed by atoms with E-state index in [4.69, 9.17) is 4.98 Å². The van der Waals surface area contributed by atoms with Crippen LogP contribution in [-0.4, -0.2) is 28.0 Å². The van der Waals surface area contributed by atoms with Crippen molar-refractivity contribution in [1.29, 1.82) is 0 Å². The molecule has 0 N–H and O–H groups in total. The van der Waals surface area contributed by atoms with Gasteiger partial charge in [0.1, 0.15) is 5.82 Å². The van der Waals surface area contributed by atoms with Crippen molar-refractivity contribution in [3.05, 3.63) is 60.6 Å². The van der Waals surface area contributed by atoms with Crippen LogP contribution in [0.2, 0.25) is 0 Å². The van der Waals surface area contributed by atoms with Crippen molar-refractivity contribution in [3.8, 4) is 0 Å². The number of hydrogen-bond donors (Lipinski definition) is 0. The lowest BCUT2D eigenvalue weighted by Gasteiger charge is -2.33. The minimum Gasteiger partial charge on any atom is -0.355 e. The van der Waals surface area contributed by atoms with Gasteiger partial charge in [-0.05, 0) is 36.6 Å². The van der Waals surface area contributed by atoms with Crippen molar-refractivity contribution >= 4 is 16.9 Å². The Bertz CT molecular complexity index is 772. The van der Waals surface area contributed by atoms with Crippen molar-refractivity contribution in [2.75, 3.05) is 18.0 Å². The van der Waals surface area contributed by atoms with Crippen LogP contribution < -0.4 is 4.90 Å². The molecule has 1 fully saturated rings. The molecule has 22 heavy (non-hydrogen) atoms. The maximum absolute atomic E-state index is 4.77. The smallest absolute Gasteiger partial charge is 0.147 e. The summed E-state index contributed by atoms with van der Waals surface area (Å²) in [4.78, 5) is 15.9. The minimum atomic E-state index is 0.524. The second-order valence-corrected chi connectivity index (χ2v) is 5.79. The largest absolute Gasteiger partial charge is 0.355 e. The summed E-state index contributed by atoms with van der Waals surface area (Å²) in [5.41, 5.74) is 3.23. The Morgan fingerprint density at radius 2 is 1.91 bits per heavy atom. The quantitative estimate of drug-likeness (QED) is 0.725. The molecule has 2 aromatic heterocycles. The second-order valence-electron chi connectivity index (χ2n) is 5.79. The standard InChI is InChI=1S/C18H18N4/c1-2-8-17-16(7-1)20-12-18(21-17)22-10-4-6-15(13-22)14-5-3-9-19-11-14/h1-3,5,7-9,11-12,15H,4,6,10,13H2. The summed E-state index contributed by atoms with van der Waals surface area (Å²) in [5, 5.41) is 0. The Labute approximate surface area is 129 Å². The highest BCUT2D eigenvalue weighted by molar-refractivity contribution is 5.75. The van der Waals surface area contributed by atoms with Gasteiger partial charge >= 0.3 is 0 Å². The molecule has 0 aliphatic carbocycles. The zero-order valence-corrected chi connectivity index (χ0v) is 12.4. The van der Waals surface area contributed by atoms with Crippen LogP contribution >= 0.6 is 0 Å². The second kappa shape index (κ2) is 5.72. The van der Waals surface area contributed by atoms with Gasteiger partial charge in [-0.2, -0.15) is 0 Å². The summed E-state index contributed by atoms with van der Waals surface area (Å²) < 4.78 is 0. The molecular formula is C18H18N4. The lowest BCUT2D eigenvalue weighted by atomic mass is 9.92. The summed E-state index contributed by atoms with van der Waals surface area (Å²) in [5.74, 6) is 1.50. The van der Waals surface area contributed by atoms with Crippen LogP contribution in [0.4, 0.5) is 5.82 Å². The van der Waals surface area contributed by atoms with Crippen molar-refractivity contribution in [2.24, 2.45) is 0 Å². The maximum atomic E-state index is 4.77. The van der Waals surface area contributed by atoms with Crippen LogP contribution in [0, 0.1) is 0 Å². The van der Waals surface area contributed by atoms with Gasteiger partial charge < -0.3 is 4.90 Å². The SMILES string of the molecule is c1cncc(C2CCCN(c3cnc4ccccc4n3)C2)c1. The summed E-state index contributed by atoms with van der Waals surface area (Å²) in [6.45, 7) is 2.03. The molecule has 3 heterocycles. The summed E-state index contributed by atoms with van der Waals surface area (Å²) in [6, 6.07) is 12.2. The highest BCUT2D eigenvalue weighted by Gasteiger charge is 2.22. The molecule has 1 saturated heterocycles. The average Bonchev–Trinajstić information content (AvgIpc) is 2.62. The molecule has 110 valence electrons. The highest BCUT2D eigenvalue weighted by atomic mass is 15.2. The van der Waals surface area contributed by atoms with Crippen LogP contribution in [0.3, 0.4) is 0 Å². The third-order valence-electron chi connectivity index (χ3n) is 4.34. The lowest BCUT2D eigenvalue weighted by Crippen LogP contribution is -2.35. The third-order valence-corrected chi connectivity index (χ3v) is 4.34. The number of hydrogen-bond acceptors (Lipinski definition) is 4. The van der Waals surface area contributed by atoms with Gasteiger partial charge in [0.2, 0.25) is 0 Å². The van der Waals surface area contributed by atoms with Crippen LogP contribution in [0.15, 0.2) is 55.0 Å². The van der Waals surface area contributed by atoms with Gasteiger partial charge in [0.15, 0.2) is 0 Å². The Hall–Kier alpha value is -2.49. The van der Waals surface area contributed by atoms with E-state index in [-0.39, 0.29) is 0 Å². The van der Waals surface area contributed by atoms with Crippen LogP contribution in [0.5, 0.6) is 0 Å². The number of fused-ring (bicyclic) bond motifs is 1. The zero-order valence-electron chi connectivity index (χ0n) is 12.4. The van der Waals surface area contributed by atoms with Gasteiger partial charge in [-0.1, -0.05) is 18.2 Å². The molecule has 0 amide bonds. The van der Waals surface area contributed by atoms with E-state index in [1.54, 1.807) is 0 Å². The summed E-state index contributed by atoms with van der Waals surface area (Å²) >= 11 is 0. The summed E-state index contributed by atoms with van der Waals surface area (Å²) in [6.07, 6.45) is 8.10. The van der Waals surface area contributed by atoms with Crippen LogP contribution in [-0.2, 0) is 0 Å². The number of pyridine rings is 1. The first-order valence-corrected chi connectivity index (χ1v) is 7.77. The van der Waals surface area contributed by atoms with E-state index in [1.807, 2.05) is 48.9 Å². The third kappa shape index (κ3) is 2.52. The number of anilines is 1. The molecule has 1 atom stereocenters. The molecule has 3 aromatic rings. The number of para-hydroxylation sites is 2. The topological polar surface area (TPSA) is 41.9 Å². The van der Waals surface area contributed by atoms with Crippen LogP contribution in [0.1, 0.15) is 24.3 Å². The Balaban J connectivity index is 1.61. The first-order valence-electron chi connectivity index (χ1n) is 7.77. The van der Waals surface area contributed by atoms with Gasteiger partial charge in [0.25, 0.3) is 0 Å². The van der Waals surface area contributed by atoms with Gasteiger partial charge in [-0.3, -0.25) is 9.97 Å². The summed E-state index contributed by atoms with van der Waals surface area (Å²) in [7, 11) is 0. The van der Waals surface area contributed by atoms with E-state index < -0.39 is 0 Å². The Kier molecular flexibility index (Phi) is 3.43. The minimum absolute atomic E-state index is 0.524. The number of nitrogens with zero attached hydrogens (tertiary/aromatic N) is 4. The van der Waals surface area contributed by atoms with E-state index in [0.29, 0.717) is 5.92 Å². The van der Waals surface area contributed by atoms with Crippen molar-refractivity contribution < 1.29 is 0 Å². The molecule has 4 nitrogen and oxygen atoms in total. The average molecular weight is 290 g/mol. The van der Waals surface area contributed by atoms with Crippen molar-refractivity contribution in [2.45, 2.75) is 18.8 Å². The lowest BCUT2D eigenvalue weighted by molar-refractivity contribution is 0.506. The predicted molar refractivity (Wildman–Crippen MR) is 88.0 cm³/mol. The number of benzene rings is 1. The van der Waals surface area contributed by atoms with E-state index >= 15 is 0 Å². The molecular weight excluding hydrogens is 272 g/mol. The fraction of sp³-hybridized carbons (Fsp3) is 0.278. The van der Waals surface area contributed by atoms with Gasteiger partial charge in [0.05, 0.1) is 17.2 Å². The first kappa shape index (κ1) is 13.2. The number of rotatable bonds is 2.